The van der Waals surface area contributed by atoms with Gasteiger partial charge in [0.2, 0.25) is 5.91 Å². The van der Waals surface area contributed by atoms with Gasteiger partial charge in [0.05, 0.1) is 12.8 Å². The molecule has 4 rings (SSSR count). The number of sulfonamides is 1. The zero-order valence-electron chi connectivity index (χ0n) is 20.6. The normalized spacial score (nSPS) is 14.0. The summed E-state index contributed by atoms with van der Waals surface area (Å²) in [5, 5.41) is 0.664. The van der Waals surface area contributed by atoms with E-state index >= 15 is 0 Å². The van der Waals surface area contributed by atoms with E-state index in [1.54, 1.807) is 41.3 Å². The third-order valence-corrected chi connectivity index (χ3v) is 8.29. The minimum Gasteiger partial charge on any atom is -0.495 e. The Bertz CT molecular complexity index is 1350. The molecular weight excluding hydrogens is 498 g/mol. The molecule has 36 heavy (non-hydrogen) atoms. The summed E-state index contributed by atoms with van der Waals surface area (Å²) in [5.41, 5.74) is 3.11. The van der Waals surface area contributed by atoms with Crippen LogP contribution >= 0.6 is 11.6 Å². The zero-order chi connectivity index (χ0) is 25.9. The highest BCUT2D eigenvalue weighted by atomic mass is 35.5. The number of methoxy groups -OCH3 is 1. The first-order chi connectivity index (χ1) is 17.2. The number of nitrogens with zero attached hydrogens (tertiary/aromatic N) is 3. The Morgan fingerprint density at radius 1 is 0.944 bits per heavy atom. The molecule has 1 aliphatic rings. The molecule has 3 aromatic carbocycles. The van der Waals surface area contributed by atoms with Crippen molar-refractivity contribution in [2.75, 3.05) is 49.0 Å². The van der Waals surface area contributed by atoms with E-state index in [-0.39, 0.29) is 23.1 Å². The molecule has 0 unspecified atom stereocenters. The van der Waals surface area contributed by atoms with Crippen molar-refractivity contribution >= 4 is 38.9 Å². The number of anilines is 2. The molecule has 1 heterocycles. The van der Waals surface area contributed by atoms with Crippen LogP contribution in [-0.2, 0) is 14.8 Å². The van der Waals surface area contributed by atoms with E-state index in [1.807, 2.05) is 44.2 Å². The number of piperazine rings is 1. The standard InChI is InChI=1S/C27H30ClN3O4S/c1-20-6-4-9-24(16-20)31(36(33,34)26-17-21(2)10-11-25(26)35-3)19-27(32)30-14-12-29(13-15-30)23-8-5-7-22(28)18-23/h4-11,16-18H,12-15,19H2,1-3H3. The molecule has 1 aliphatic heterocycles. The Labute approximate surface area is 217 Å². The van der Waals surface area contributed by atoms with E-state index in [0.29, 0.717) is 36.9 Å². The smallest absolute Gasteiger partial charge is 0.268 e. The van der Waals surface area contributed by atoms with E-state index in [4.69, 9.17) is 16.3 Å². The number of hydrogen-bond donors (Lipinski definition) is 0. The van der Waals surface area contributed by atoms with Gasteiger partial charge >= 0.3 is 0 Å². The number of ether oxygens (including phenoxy) is 1. The first-order valence-corrected chi connectivity index (χ1v) is 13.5. The molecule has 0 N–H and O–H groups in total. The van der Waals surface area contributed by atoms with E-state index in [9.17, 15) is 13.2 Å². The summed E-state index contributed by atoms with van der Waals surface area (Å²) in [6.07, 6.45) is 0. The van der Waals surface area contributed by atoms with Gasteiger partial charge in [-0.15, -0.1) is 0 Å². The van der Waals surface area contributed by atoms with Gasteiger partial charge in [-0.25, -0.2) is 8.42 Å². The van der Waals surface area contributed by atoms with Gasteiger partial charge in [0.1, 0.15) is 17.2 Å². The van der Waals surface area contributed by atoms with Gasteiger partial charge in [-0.2, -0.15) is 0 Å². The molecule has 7 nitrogen and oxygen atoms in total. The summed E-state index contributed by atoms with van der Waals surface area (Å²) >= 11 is 6.13. The summed E-state index contributed by atoms with van der Waals surface area (Å²) in [5.74, 6) is -0.0155. The van der Waals surface area contributed by atoms with Gasteiger partial charge in [-0.3, -0.25) is 9.10 Å². The maximum atomic E-state index is 13.9. The molecule has 0 saturated carbocycles. The van der Waals surface area contributed by atoms with Gasteiger partial charge in [0.25, 0.3) is 10.0 Å². The van der Waals surface area contributed by atoms with E-state index in [1.165, 1.54) is 11.4 Å². The highest BCUT2D eigenvalue weighted by Gasteiger charge is 2.32. The van der Waals surface area contributed by atoms with Crippen molar-refractivity contribution in [3.05, 3.63) is 82.9 Å². The molecule has 0 bridgehead atoms. The number of hydrogen-bond acceptors (Lipinski definition) is 5. The monoisotopic (exact) mass is 527 g/mol. The number of halogens is 1. The molecule has 1 fully saturated rings. The second kappa shape index (κ2) is 10.8. The maximum Gasteiger partial charge on any atom is 0.268 e. The lowest BCUT2D eigenvalue weighted by Gasteiger charge is -2.37. The van der Waals surface area contributed by atoms with E-state index in [0.717, 1.165) is 16.8 Å². The highest BCUT2D eigenvalue weighted by Crippen LogP contribution is 2.31. The predicted molar refractivity (Wildman–Crippen MR) is 144 cm³/mol. The van der Waals surface area contributed by atoms with Crippen molar-refractivity contribution in [3.8, 4) is 5.75 Å². The van der Waals surface area contributed by atoms with Crippen molar-refractivity contribution in [1.29, 1.82) is 0 Å². The number of rotatable bonds is 7. The fourth-order valence-electron chi connectivity index (χ4n) is 4.31. The molecule has 1 saturated heterocycles. The second-order valence-corrected chi connectivity index (χ2v) is 11.1. The van der Waals surface area contributed by atoms with Crippen molar-refractivity contribution in [2.45, 2.75) is 18.7 Å². The zero-order valence-corrected chi connectivity index (χ0v) is 22.2. The van der Waals surface area contributed by atoms with Crippen LogP contribution in [0.15, 0.2) is 71.6 Å². The average Bonchev–Trinajstić information content (AvgIpc) is 2.87. The lowest BCUT2D eigenvalue weighted by atomic mass is 10.2. The molecule has 9 heteroatoms. The molecule has 0 radical (unpaired) electrons. The quantitative estimate of drug-likeness (QED) is 0.452. The van der Waals surface area contributed by atoms with Gasteiger partial charge in [0.15, 0.2) is 0 Å². The molecule has 0 spiro atoms. The van der Waals surface area contributed by atoms with Gasteiger partial charge in [-0.1, -0.05) is 35.9 Å². The SMILES string of the molecule is COc1ccc(C)cc1S(=O)(=O)N(CC(=O)N1CCN(c2cccc(Cl)c2)CC1)c1cccc(C)c1. The number of benzene rings is 3. The molecule has 190 valence electrons. The molecular formula is C27H30ClN3O4S. The summed E-state index contributed by atoms with van der Waals surface area (Å²) in [6, 6.07) is 19.8. The number of aryl methyl sites for hydroxylation is 2. The summed E-state index contributed by atoms with van der Waals surface area (Å²) in [7, 11) is -2.66. The Hall–Kier alpha value is -3.23. The van der Waals surface area contributed by atoms with Crippen molar-refractivity contribution in [3.63, 3.8) is 0 Å². The Morgan fingerprint density at radius 2 is 1.64 bits per heavy atom. The van der Waals surface area contributed by atoms with E-state index < -0.39 is 10.0 Å². The van der Waals surface area contributed by atoms with Gasteiger partial charge in [-0.05, 0) is 67.4 Å². The Kier molecular flexibility index (Phi) is 7.76. The van der Waals surface area contributed by atoms with Crippen LogP contribution in [0.3, 0.4) is 0 Å². The van der Waals surface area contributed by atoms with Crippen LogP contribution in [0, 0.1) is 13.8 Å². The molecule has 1 amide bonds. The first kappa shape index (κ1) is 25.9. The first-order valence-electron chi connectivity index (χ1n) is 11.7. The second-order valence-electron chi connectivity index (χ2n) is 8.85. The topological polar surface area (TPSA) is 70.2 Å². The minimum atomic E-state index is -4.09. The molecule has 0 aliphatic carbocycles. The maximum absolute atomic E-state index is 13.9. The molecule has 3 aromatic rings. The lowest BCUT2D eigenvalue weighted by molar-refractivity contribution is -0.129. The van der Waals surface area contributed by atoms with Gasteiger partial charge < -0.3 is 14.5 Å². The highest BCUT2D eigenvalue weighted by molar-refractivity contribution is 7.93. The van der Waals surface area contributed by atoms with E-state index in [2.05, 4.69) is 4.90 Å². The number of carbonyl (C=O) groups is 1. The van der Waals surface area contributed by atoms with Crippen LogP contribution in [0.4, 0.5) is 11.4 Å². The van der Waals surface area contributed by atoms with Crippen molar-refractivity contribution in [1.82, 2.24) is 4.90 Å². The largest absolute Gasteiger partial charge is 0.495 e. The Morgan fingerprint density at radius 3 is 2.31 bits per heavy atom. The van der Waals surface area contributed by atoms with Crippen LogP contribution in [0.5, 0.6) is 5.75 Å². The minimum absolute atomic E-state index is 0.0325. The summed E-state index contributed by atoms with van der Waals surface area (Å²) < 4.78 is 34.4. The fraction of sp³-hybridized carbons (Fsp3) is 0.296. The summed E-state index contributed by atoms with van der Waals surface area (Å²) in [4.78, 5) is 17.3. The summed E-state index contributed by atoms with van der Waals surface area (Å²) in [6.45, 7) is 5.64. The van der Waals surface area contributed by atoms with Crippen LogP contribution in [0.2, 0.25) is 5.02 Å². The fourth-order valence-corrected chi connectivity index (χ4v) is 6.15. The third-order valence-electron chi connectivity index (χ3n) is 6.26. The number of amides is 1. The van der Waals surface area contributed by atoms with Crippen LogP contribution < -0.4 is 13.9 Å². The van der Waals surface area contributed by atoms with Crippen molar-refractivity contribution in [2.24, 2.45) is 0 Å². The molecule has 0 aromatic heterocycles. The Balaban J connectivity index is 1.59. The number of carbonyl (C=O) groups excluding carboxylic acids is 1. The molecule has 0 atom stereocenters. The van der Waals surface area contributed by atoms with Gasteiger partial charge in [0, 0.05) is 36.9 Å². The van der Waals surface area contributed by atoms with Crippen LogP contribution in [-0.4, -0.2) is 59.1 Å². The van der Waals surface area contributed by atoms with Crippen LogP contribution in [0.25, 0.3) is 0 Å². The lowest BCUT2D eigenvalue weighted by Crippen LogP contribution is -2.52. The third kappa shape index (κ3) is 5.60. The average molecular weight is 528 g/mol. The van der Waals surface area contributed by atoms with Crippen LogP contribution in [0.1, 0.15) is 11.1 Å². The van der Waals surface area contributed by atoms with Crippen molar-refractivity contribution < 1.29 is 17.9 Å². The predicted octanol–water partition coefficient (Wildman–Crippen LogP) is 4.51.